The molecule has 0 heterocycles. The highest BCUT2D eigenvalue weighted by molar-refractivity contribution is 7.94. The number of benzene rings is 1. The zero-order valence-corrected chi connectivity index (χ0v) is 15.3. The van der Waals surface area contributed by atoms with Crippen molar-refractivity contribution in [1.29, 1.82) is 0 Å². The second kappa shape index (κ2) is 9.22. The molecule has 25 heavy (non-hydrogen) atoms. The number of sulfonamides is 1. The van der Waals surface area contributed by atoms with Crippen LogP contribution in [0.1, 0.15) is 39.2 Å². The maximum atomic E-state index is 12.4. The summed E-state index contributed by atoms with van der Waals surface area (Å²) in [6.07, 6.45) is 2.18. The fraction of sp³-hybridized carbons (Fsp3) is 0.412. The van der Waals surface area contributed by atoms with E-state index in [4.69, 9.17) is 5.11 Å². The van der Waals surface area contributed by atoms with Gasteiger partial charge >= 0.3 is 12.0 Å². The van der Waals surface area contributed by atoms with Gasteiger partial charge in [0.15, 0.2) is 0 Å². The lowest BCUT2D eigenvalue weighted by Gasteiger charge is -2.20. The lowest BCUT2D eigenvalue weighted by Crippen LogP contribution is -2.50. The predicted molar refractivity (Wildman–Crippen MR) is 96.2 cm³/mol. The van der Waals surface area contributed by atoms with E-state index in [-0.39, 0.29) is 17.2 Å². The molecule has 8 heteroatoms. The number of carbonyl (C=O) groups is 2. The minimum Gasteiger partial charge on any atom is -0.480 e. The van der Waals surface area contributed by atoms with Gasteiger partial charge in [0.1, 0.15) is 6.04 Å². The maximum absolute atomic E-state index is 12.4. The van der Waals surface area contributed by atoms with Crippen LogP contribution in [0.3, 0.4) is 0 Å². The van der Waals surface area contributed by atoms with E-state index in [0.717, 1.165) is 0 Å². The van der Waals surface area contributed by atoms with Crippen molar-refractivity contribution >= 4 is 28.1 Å². The Morgan fingerprint density at radius 1 is 1.20 bits per heavy atom. The van der Waals surface area contributed by atoms with Gasteiger partial charge in [-0.3, -0.25) is 0 Å². The van der Waals surface area contributed by atoms with Crippen molar-refractivity contribution in [1.82, 2.24) is 10.0 Å². The quantitative estimate of drug-likeness (QED) is 0.653. The minimum absolute atomic E-state index is 0.0317. The first-order chi connectivity index (χ1) is 11.7. The number of hydrogen-bond donors (Lipinski definition) is 3. The number of carbonyl (C=O) groups excluding carboxylic acids is 1. The second-order valence-electron chi connectivity index (χ2n) is 5.66. The smallest absolute Gasteiger partial charge is 0.329 e. The minimum atomic E-state index is -4.07. The number of amides is 2. The lowest BCUT2D eigenvalue weighted by atomic mass is 10.00. The molecule has 0 radical (unpaired) electrons. The van der Waals surface area contributed by atoms with E-state index >= 15 is 0 Å². The van der Waals surface area contributed by atoms with Crippen molar-refractivity contribution in [2.75, 3.05) is 0 Å². The van der Waals surface area contributed by atoms with Gasteiger partial charge in [-0.1, -0.05) is 57.5 Å². The molecule has 0 saturated carbocycles. The van der Waals surface area contributed by atoms with Gasteiger partial charge in [-0.05, 0) is 24.0 Å². The van der Waals surface area contributed by atoms with Crippen LogP contribution in [0.2, 0.25) is 0 Å². The highest BCUT2D eigenvalue weighted by Crippen LogP contribution is 2.15. The van der Waals surface area contributed by atoms with Crippen LogP contribution >= 0.6 is 0 Å². The standard InChI is InChI=1S/C17H24N2O5S/c1-4-12(3)15(16(20)21)18-17(22)19-25(23,24)14(5-2)11-13-9-7-6-8-10-13/h6-12,15H,4-5H2,1-3H3,(H,20,21)(H2,18,19,22)/b14-11+. The van der Waals surface area contributed by atoms with Gasteiger partial charge in [-0.2, -0.15) is 0 Å². The van der Waals surface area contributed by atoms with Crippen molar-refractivity contribution in [2.45, 2.75) is 39.7 Å². The first-order valence-corrected chi connectivity index (χ1v) is 9.51. The molecule has 2 unspecified atom stereocenters. The molecule has 2 atom stereocenters. The van der Waals surface area contributed by atoms with Crippen LogP contribution in [-0.4, -0.2) is 31.6 Å². The van der Waals surface area contributed by atoms with Crippen LogP contribution in [0.5, 0.6) is 0 Å². The normalized spacial score (nSPS) is 14.4. The van der Waals surface area contributed by atoms with Gasteiger partial charge in [0.2, 0.25) is 0 Å². The van der Waals surface area contributed by atoms with Crippen molar-refractivity contribution < 1.29 is 23.1 Å². The summed E-state index contributed by atoms with van der Waals surface area (Å²) in [5.74, 6) is -1.55. The Hall–Kier alpha value is -2.35. The van der Waals surface area contributed by atoms with Gasteiger partial charge < -0.3 is 10.4 Å². The van der Waals surface area contributed by atoms with Crippen molar-refractivity contribution in [3.8, 4) is 0 Å². The van der Waals surface area contributed by atoms with Crippen LogP contribution < -0.4 is 10.0 Å². The number of hydrogen-bond acceptors (Lipinski definition) is 4. The van der Waals surface area contributed by atoms with Crippen LogP contribution in [0.25, 0.3) is 6.08 Å². The Morgan fingerprint density at radius 3 is 2.28 bits per heavy atom. The number of allylic oxidation sites excluding steroid dienone is 1. The monoisotopic (exact) mass is 368 g/mol. The van der Waals surface area contributed by atoms with E-state index in [0.29, 0.717) is 12.0 Å². The summed E-state index contributed by atoms with van der Waals surface area (Å²) < 4.78 is 26.6. The van der Waals surface area contributed by atoms with E-state index in [2.05, 4.69) is 5.32 Å². The number of carboxylic acids is 1. The number of rotatable bonds is 8. The predicted octanol–water partition coefficient (Wildman–Crippen LogP) is 2.57. The Balaban J connectivity index is 2.93. The van der Waals surface area contributed by atoms with Gasteiger partial charge in [-0.25, -0.2) is 22.7 Å². The van der Waals surface area contributed by atoms with Crippen LogP contribution in [0.15, 0.2) is 35.2 Å². The number of aliphatic carboxylic acids is 1. The van der Waals surface area contributed by atoms with Gasteiger partial charge in [0, 0.05) is 0 Å². The highest BCUT2D eigenvalue weighted by atomic mass is 32.2. The molecule has 0 spiro atoms. The number of urea groups is 1. The summed E-state index contributed by atoms with van der Waals surface area (Å²) >= 11 is 0. The molecule has 0 fully saturated rings. The molecule has 1 aromatic rings. The first-order valence-electron chi connectivity index (χ1n) is 8.03. The summed E-state index contributed by atoms with van der Waals surface area (Å²) in [5, 5.41) is 11.4. The van der Waals surface area contributed by atoms with E-state index < -0.39 is 28.1 Å². The molecule has 1 aromatic carbocycles. The Morgan fingerprint density at radius 2 is 1.80 bits per heavy atom. The zero-order chi connectivity index (χ0) is 19.0. The summed E-state index contributed by atoms with van der Waals surface area (Å²) in [6, 6.07) is 6.63. The van der Waals surface area contributed by atoms with Crippen molar-refractivity contribution in [3.63, 3.8) is 0 Å². The van der Waals surface area contributed by atoms with E-state index in [1.807, 2.05) is 10.8 Å². The Labute approximate surface area is 148 Å². The fourth-order valence-electron chi connectivity index (χ4n) is 2.15. The van der Waals surface area contributed by atoms with Crippen molar-refractivity contribution in [3.05, 3.63) is 40.8 Å². The SMILES string of the molecule is CC/C(=C\c1ccccc1)S(=O)(=O)NC(=O)NC(C(=O)O)C(C)CC. The Kier molecular flexibility index (Phi) is 7.63. The molecule has 7 nitrogen and oxygen atoms in total. The first kappa shape index (κ1) is 20.7. The molecule has 138 valence electrons. The van der Waals surface area contributed by atoms with Crippen LogP contribution in [0, 0.1) is 5.92 Å². The molecular formula is C17H24N2O5S. The average Bonchev–Trinajstić information content (AvgIpc) is 2.56. The van der Waals surface area contributed by atoms with Gasteiger partial charge in [0.25, 0.3) is 10.0 Å². The molecule has 0 aliphatic rings. The number of carboxylic acid groups (broad SMARTS) is 1. The summed E-state index contributed by atoms with van der Waals surface area (Å²) in [5.41, 5.74) is 0.688. The number of nitrogens with one attached hydrogen (secondary N) is 2. The molecule has 0 aliphatic carbocycles. The fourth-order valence-corrected chi connectivity index (χ4v) is 3.25. The zero-order valence-electron chi connectivity index (χ0n) is 14.5. The third kappa shape index (κ3) is 6.22. The molecule has 1 rings (SSSR count). The van der Waals surface area contributed by atoms with E-state index in [9.17, 15) is 18.0 Å². The van der Waals surface area contributed by atoms with E-state index in [1.54, 1.807) is 45.0 Å². The molecule has 0 saturated heterocycles. The molecule has 2 amide bonds. The van der Waals surface area contributed by atoms with Gasteiger partial charge in [-0.15, -0.1) is 0 Å². The molecule has 3 N–H and O–H groups in total. The third-order valence-corrected chi connectivity index (χ3v) is 5.36. The van der Waals surface area contributed by atoms with Crippen LogP contribution in [0.4, 0.5) is 4.79 Å². The summed E-state index contributed by atoms with van der Waals surface area (Å²) in [7, 11) is -4.07. The summed E-state index contributed by atoms with van der Waals surface area (Å²) in [6.45, 7) is 5.11. The van der Waals surface area contributed by atoms with Gasteiger partial charge in [0.05, 0.1) is 4.91 Å². The third-order valence-electron chi connectivity index (χ3n) is 3.81. The molecular weight excluding hydrogens is 344 g/mol. The molecule has 0 aliphatic heterocycles. The molecule has 0 aromatic heterocycles. The molecule has 0 bridgehead atoms. The lowest BCUT2D eigenvalue weighted by molar-refractivity contribution is -0.140. The Bertz CT molecular complexity index is 729. The largest absolute Gasteiger partial charge is 0.480 e. The van der Waals surface area contributed by atoms with Crippen molar-refractivity contribution in [2.24, 2.45) is 5.92 Å². The van der Waals surface area contributed by atoms with Crippen LogP contribution in [-0.2, 0) is 14.8 Å². The topological polar surface area (TPSA) is 113 Å². The highest BCUT2D eigenvalue weighted by Gasteiger charge is 2.27. The second-order valence-corrected chi connectivity index (χ2v) is 7.39. The maximum Gasteiger partial charge on any atom is 0.329 e. The van der Waals surface area contributed by atoms with E-state index in [1.165, 1.54) is 6.08 Å². The summed E-state index contributed by atoms with van der Waals surface area (Å²) in [4.78, 5) is 23.2. The average molecular weight is 368 g/mol.